The molecule has 1 N–H and O–H groups in total. The van der Waals surface area contributed by atoms with E-state index >= 15 is 0 Å². The smallest absolute Gasteiger partial charge is 0.239 e. The van der Waals surface area contributed by atoms with Gasteiger partial charge >= 0.3 is 0 Å². The normalized spacial score (nSPS) is 23.6. The van der Waals surface area contributed by atoms with Crippen LogP contribution in [0.2, 0.25) is 0 Å². The molecule has 0 bridgehead atoms. The van der Waals surface area contributed by atoms with E-state index in [1.54, 1.807) is 0 Å². The van der Waals surface area contributed by atoms with Gasteiger partial charge in [-0.1, -0.05) is 19.8 Å². The predicted octanol–water partition coefficient (Wildman–Crippen LogP) is 1.07. The Morgan fingerprint density at radius 1 is 1.28 bits per heavy atom. The molecule has 2 heterocycles. The fourth-order valence-electron chi connectivity index (χ4n) is 3.05. The van der Waals surface area contributed by atoms with Crippen molar-refractivity contribution in [2.75, 3.05) is 32.7 Å². The lowest BCUT2D eigenvalue weighted by Crippen LogP contribution is -2.62. The third-order valence-corrected chi connectivity index (χ3v) is 4.37. The molecular formula is C14H27N3O. The van der Waals surface area contributed by atoms with Crippen LogP contribution in [-0.4, -0.2) is 60.5 Å². The minimum Gasteiger partial charge on any atom is -0.341 e. The SMILES string of the molecule is CCN(C1CNC1)C(C)C(=O)N1CCCCCC1. The van der Waals surface area contributed by atoms with Crippen molar-refractivity contribution >= 4 is 5.91 Å². The summed E-state index contributed by atoms with van der Waals surface area (Å²) in [5.74, 6) is 0.339. The predicted molar refractivity (Wildman–Crippen MR) is 73.5 cm³/mol. The molecule has 2 aliphatic heterocycles. The van der Waals surface area contributed by atoms with E-state index in [2.05, 4.69) is 29.0 Å². The maximum absolute atomic E-state index is 12.6. The summed E-state index contributed by atoms with van der Waals surface area (Å²) in [6.07, 6.45) is 4.91. The van der Waals surface area contributed by atoms with E-state index < -0.39 is 0 Å². The summed E-state index contributed by atoms with van der Waals surface area (Å²) in [5.41, 5.74) is 0. The number of amides is 1. The highest BCUT2D eigenvalue weighted by Gasteiger charge is 2.32. The fraction of sp³-hybridized carbons (Fsp3) is 0.929. The molecule has 2 fully saturated rings. The summed E-state index contributed by atoms with van der Waals surface area (Å²) in [6, 6.07) is 0.598. The molecule has 0 saturated carbocycles. The van der Waals surface area contributed by atoms with Gasteiger partial charge in [0.1, 0.15) is 0 Å². The number of nitrogens with zero attached hydrogens (tertiary/aromatic N) is 2. The average Bonchev–Trinajstić information content (AvgIpc) is 2.60. The van der Waals surface area contributed by atoms with Crippen LogP contribution in [0.15, 0.2) is 0 Å². The number of nitrogens with one attached hydrogen (secondary N) is 1. The molecule has 2 rings (SSSR count). The number of likely N-dealkylation sites (tertiary alicyclic amines) is 1. The van der Waals surface area contributed by atoms with Crippen LogP contribution in [0.25, 0.3) is 0 Å². The minimum absolute atomic E-state index is 0.0419. The van der Waals surface area contributed by atoms with E-state index in [1.807, 2.05) is 0 Å². The first-order valence-electron chi connectivity index (χ1n) is 7.49. The maximum atomic E-state index is 12.6. The van der Waals surface area contributed by atoms with Crippen LogP contribution in [0, 0.1) is 0 Å². The summed E-state index contributed by atoms with van der Waals surface area (Å²) >= 11 is 0. The van der Waals surface area contributed by atoms with Crippen LogP contribution >= 0.6 is 0 Å². The molecule has 104 valence electrons. The van der Waals surface area contributed by atoms with Crippen LogP contribution in [0.3, 0.4) is 0 Å². The van der Waals surface area contributed by atoms with Gasteiger partial charge < -0.3 is 10.2 Å². The van der Waals surface area contributed by atoms with Gasteiger partial charge in [-0.05, 0) is 26.3 Å². The van der Waals surface area contributed by atoms with Crippen LogP contribution < -0.4 is 5.32 Å². The van der Waals surface area contributed by atoms with E-state index in [0.717, 1.165) is 32.7 Å². The van der Waals surface area contributed by atoms with E-state index in [1.165, 1.54) is 25.7 Å². The number of carbonyl (C=O) groups is 1. The molecule has 0 aliphatic carbocycles. The van der Waals surface area contributed by atoms with Crippen molar-refractivity contribution in [3.8, 4) is 0 Å². The van der Waals surface area contributed by atoms with Gasteiger partial charge in [0.2, 0.25) is 5.91 Å². The number of likely N-dealkylation sites (N-methyl/N-ethyl adjacent to an activating group) is 1. The molecule has 4 heteroatoms. The zero-order chi connectivity index (χ0) is 13.0. The summed E-state index contributed by atoms with van der Waals surface area (Å²) in [5, 5.41) is 3.29. The molecule has 0 aromatic rings. The molecule has 2 aliphatic rings. The second-order valence-electron chi connectivity index (χ2n) is 5.56. The first-order valence-corrected chi connectivity index (χ1v) is 7.49. The zero-order valence-corrected chi connectivity index (χ0v) is 11.8. The quantitative estimate of drug-likeness (QED) is 0.814. The molecule has 0 aromatic carbocycles. The minimum atomic E-state index is 0.0419. The first kappa shape index (κ1) is 13.8. The van der Waals surface area contributed by atoms with Crippen molar-refractivity contribution in [1.82, 2.24) is 15.1 Å². The molecule has 18 heavy (non-hydrogen) atoms. The Hall–Kier alpha value is -0.610. The topological polar surface area (TPSA) is 35.6 Å². The van der Waals surface area contributed by atoms with Gasteiger partial charge in [-0.25, -0.2) is 0 Å². The lowest BCUT2D eigenvalue weighted by atomic mass is 10.1. The molecule has 1 unspecified atom stereocenters. The summed E-state index contributed by atoms with van der Waals surface area (Å²) in [4.78, 5) is 17.0. The molecule has 0 radical (unpaired) electrons. The maximum Gasteiger partial charge on any atom is 0.239 e. The zero-order valence-electron chi connectivity index (χ0n) is 11.8. The van der Waals surface area contributed by atoms with Crippen molar-refractivity contribution in [1.29, 1.82) is 0 Å². The van der Waals surface area contributed by atoms with Crippen LogP contribution in [0.1, 0.15) is 39.5 Å². The monoisotopic (exact) mass is 253 g/mol. The Balaban J connectivity index is 1.92. The van der Waals surface area contributed by atoms with Crippen LogP contribution in [0.4, 0.5) is 0 Å². The van der Waals surface area contributed by atoms with Gasteiger partial charge in [-0.15, -0.1) is 0 Å². The third kappa shape index (κ3) is 3.04. The third-order valence-electron chi connectivity index (χ3n) is 4.37. The van der Waals surface area contributed by atoms with E-state index in [9.17, 15) is 4.79 Å². The Labute approximate surface area is 111 Å². The second kappa shape index (κ2) is 6.53. The second-order valence-corrected chi connectivity index (χ2v) is 5.56. The van der Waals surface area contributed by atoms with Crippen molar-refractivity contribution < 1.29 is 4.79 Å². The molecule has 0 spiro atoms. The van der Waals surface area contributed by atoms with Gasteiger partial charge in [0.15, 0.2) is 0 Å². The molecular weight excluding hydrogens is 226 g/mol. The standard InChI is InChI=1S/C14H27N3O/c1-3-17(13-10-15-11-13)12(2)14(18)16-8-6-4-5-7-9-16/h12-13,15H,3-11H2,1-2H3. The highest BCUT2D eigenvalue weighted by molar-refractivity contribution is 5.81. The Morgan fingerprint density at radius 2 is 1.89 bits per heavy atom. The average molecular weight is 253 g/mol. The molecule has 2 saturated heterocycles. The van der Waals surface area contributed by atoms with Crippen molar-refractivity contribution in [3.05, 3.63) is 0 Å². The Morgan fingerprint density at radius 3 is 2.33 bits per heavy atom. The van der Waals surface area contributed by atoms with Gasteiger partial charge in [0.25, 0.3) is 0 Å². The van der Waals surface area contributed by atoms with Crippen molar-refractivity contribution in [3.63, 3.8) is 0 Å². The van der Waals surface area contributed by atoms with E-state index in [-0.39, 0.29) is 6.04 Å². The van der Waals surface area contributed by atoms with Gasteiger partial charge in [0, 0.05) is 32.2 Å². The van der Waals surface area contributed by atoms with E-state index in [0.29, 0.717) is 11.9 Å². The molecule has 4 nitrogen and oxygen atoms in total. The lowest BCUT2D eigenvalue weighted by molar-refractivity contribution is -0.137. The summed E-state index contributed by atoms with van der Waals surface area (Å²) < 4.78 is 0. The fourth-order valence-corrected chi connectivity index (χ4v) is 3.05. The van der Waals surface area contributed by atoms with Crippen molar-refractivity contribution in [2.24, 2.45) is 0 Å². The number of rotatable bonds is 4. The number of carbonyl (C=O) groups excluding carboxylic acids is 1. The highest BCUT2D eigenvalue weighted by Crippen LogP contribution is 2.15. The first-order chi connectivity index (χ1) is 8.74. The molecule has 1 atom stereocenters. The summed E-state index contributed by atoms with van der Waals surface area (Å²) in [6.45, 7) is 9.19. The van der Waals surface area contributed by atoms with Gasteiger partial charge in [-0.2, -0.15) is 0 Å². The van der Waals surface area contributed by atoms with Crippen LogP contribution in [0.5, 0.6) is 0 Å². The van der Waals surface area contributed by atoms with E-state index in [4.69, 9.17) is 0 Å². The highest BCUT2D eigenvalue weighted by atomic mass is 16.2. The Bertz CT molecular complexity index is 270. The van der Waals surface area contributed by atoms with Gasteiger partial charge in [-0.3, -0.25) is 9.69 Å². The number of hydrogen-bond acceptors (Lipinski definition) is 3. The molecule has 1 amide bonds. The Kier molecular flexibility index (Phi) is 5.01. The lowest BCUT2D eigenvalue weighted by Gasteiger charge is -2.41. The van der Waals surface area contributed by atoms with Crippen molar-refractivity contribution in [2.45, 2.75) is 51.6 Å². The van der Waals surface area contributed by atoms with Crippen LogP contribution in [-0.2, 0) is 4.79 Å². The van der Waals surface area contributed by atoms with Gasteiger partial charge in [0.05, 0.1) is 6.04 Å². The number of hydrogen-bond donors (Lipinski definition) is 1. The summed E-state index contributed by atoms with van der Waals surface area (Å²) in [7, 11) is 0. The molecule has 0 aromatic heterocycles. The largest absolute Gasteiger partial charge is 0.341 e.